The lowest BCUT2D eigenvalue weighted by molar-refractivity contribution is -0.124. The topological polar surface area (TPSA) is 118 Å². The van der Waals surface area contributed by atoms with Gasteiger partial charge in [-0.15, -0.1) is 0 Å². The monoisotopic (exact) mass is 248 g/mol. The van der Waals surface area contributed by atoms with Gasteiger partial charge < -0.3 is 15.8 Å². The number of hydrogen-bond acceptors (Lipinski definition) is 6. The second kappa shape index (κ2) is 6.85. The van der Waals surface area contributed by atoms with Crippen LogP contribution < -0.4 is 11.1 Å². The molecule has 94 valence electrons. The molecule has 7 heteroatoms. The summed E-state index contributed by atoms with van der Waals surface area (Å²) in [6.45, 7) is -0.177. The number of ether oxygens (including phenoxy) is 1. The fourth-order valence-electron chi connectivity index (χ4n) is 1.04. The first-order chi connectivity index (χ1) is 8.63. The third-order valence-electron chi connectivity index (χ3n) is 1.89. The predicted octanol–water partition coefficient (Wildman–Crippen LogP) is -0.150. The Labute approximate surface area is 104 Å². The average Bonchev–Trinajstić information content (AvgIpc) is 2.37. The highest BCUT2D eigenvalue weighted by atomic mass is 16.5. The van der Waals surface area contributed by atoms with Crippen molar-refractivity contribution in [3.63, 3.8) is 0 Å². The molecule has 0 saturated carbocycles. The molecule has 1 amide bonds. The van der Waals surface area contributed by atoms with Gasteiger partial charge >= 0.3 is 5.97 Å². The molecule has 0 radical (unpaired) electrons. The summed E-state index contributed by atoms with van der Waals surface area (Å²) >= 11 is 0. The maximum Gasteiger partial charge on any atom is 0.357 e. The van der Waals surface area contributed by atoms with Crippen LogP contribution in [0.3, 0.4) is 0 Å². The lowest BCUT2D eigenvalue weighted by Gasteiger charge is -2.04. The summed E-state index contributed by atoms with van der Waals surface area (Å²) in [5.41, 5.74) is 5.92. The maximum atomic E-state index is 11.4. The van der Waals surface area contributed by atoms with E-state index < -0.39 is 18.5 Å². The molecular weight excluding hydrogens is 236 g/mol. The van der Waals surface area contributed by atoms with Crippen molar-refractivity contribution in [2.24, 2.45) is 0 Å². The summed E-state index contributed by atoms with van der Waals surface area (Å²) in [5.74, 6) is -1.17. The molecule has 1 rings (SSSR count). The van der Waals surface area contributed by atoms with Crippen LogP contribution in [0.5, 0.6) is 0 Å². The molecule has 1 heterocycles. The van der Waals surface area contributed by atoms with Crippen molar-refractivity contribution in [1.82, 2.24) is 10.3 Å². The van der Waals surface area contributed by atoms with E-state index in [1.807, 2.05) is 6.07 Å². The van der Waals surface area contributed by atoms with Crippen LogP contribution in [0.25, 0.3) is 0 Å². The summed E-state index contributed by atoms with van der Waals surface area (Å²) < 4.78 is 4.72. The summed E-state index contributed by atoms with van der Waals surface area (Å²) in [6.07, 6.45) is 1.53. The van der Waals surface area contributed by atoms with Gasteiger partial charge in [0.05, 0.1) is 24.4 Å². The number of amides is 1. The van der Waals surface area contributed by atoms with Crippen molar-refractivity contribution in [1.29, 1.82) is 5.26 Å². The molecule has 0 fully saturated rings. The first-order valence-electron chi connectivity index (χ1n) is 5.16. The highest BCUT2D eigenvalue weighted by Crippen LogP contribution is 2.02. The molecule has 0 spiro atoms. The second-order valence-corrected chi connectivity index (χ2v) is 3.31. The van der Waals surface area contributed by atoms with Gasteiger partial charge in [-0.05, 0) is 12.1 Å². The van der Waals surface area contributed by atoms with E-state index in [-0.39, 0.29) is 18.7 Å². The summed E-state index contributed by atoms with van der Waals surface area (Å²) in [7, 11) is 0. The standard InChI is InChI=1S/C11H12N4O3/c12-4-1-5-14-10(16)7-18-11(17)9-3-2-8(13)6-15-9/h2-3,6H,1,5,7,13H2,(H,14,16). The van der Waals surface area contributed by atoms with Gasteiger partial charge in [0.15, 0.2) is 6.61 Å². The number of anilines is 1. The van der Waals surface area contributed by atoms with Crippen molar-refractivity contribution in [3.8, 4) is 6.07 Å². The van der Waals surface area contributed by atoms with E-state index >= 15 is 0 Å². The van der Waals surface area contributed by atoms with Gasteiger partial charge in [0, 0.05) is 6.54 Å². The number of nitrogens with two attached hydrogens (primary N) is 1. The van der Waals surface area contributed by atoms with Crippen LogP contribution in [-0.2, 0) is 9.53 Å². The SMILES string of the molecule is N#CCCNC(=O)COC(=O)c1ccc(N)cn1. The van der Waals surface area contributed by atoms with Gasteiger partial charge in [-0.2, -0.15) is 5.26 Å². The Morgan fingerprint density at radius 2 is 2.28 bits per heavy atom. The van der Waals surface area contributed by atoms with Gasteiger partial charge in [-0.1, -0.05) is 0 Å². The van der Waals surface area contributed by atoms with E-state index in [0.717, 1.165) is 0 Å². The lowest BCUT2D eigenvalue weighted by Crippen LogP contribution is -2.29. The first kappa shape index (κ1) is 13.4. The Morgan fingerprint density at radius 1 is 1.50 bits per heavy atom. The van der Waals surface area contributed by atoms with Gasteiger partial charge in [0.25, 0.3) is 5.91 Å². The molecule has 7 nitrogen and oxygen atoms in total. The lowest BCUT2D eigenvalue weighted by atomic mass is 10.3. The predicted molar refractivity (Wildman–Crippen MR) is 62.2 cm³/mol. The van der Waals surface area contributed by atoms with Crippen LogP contribution in [-0.4, -0.2) is 30.0 Å². The minimum absolute atomic E-state index is 0.0778. The Morgan fingerprint density at radius 3 is 2.89 bits per heavy atom. The average molecular weight is 248 g/mol. The van der Waals surface area contributed by atoms with E-state index in [1.165, 1.54) is 18.3 Å². The molecule has 0 aliphatic rings. The Kier molecular flexibility index (Phi) is 5.12. The summed E-state index contributed by atoms with van der Waals surface area (Å²) in [6, 6.07) is 4.79. The zero-order valence-electron chi connectivity index (χ0n) is 9.55. The Bertz CT molecular complexity index is 464. The summed E-state index contributed by atoms with van der Waals surface area (Å²) in [4.78, 5) is 26.4. The minimum Gasteiger partial charge on any atom is -0.451 e. The maximum absolute atomic E-state index is 11.4. The fourth-order valence-corrected chi connectivity index (χ4v) is 1.04. The number of nitrogen functional groups attached to an aromatic ring is 1. The van der Waals surface area contributed by atoms with E-state index in [1.54, 1.807) is 0 Å². The number of hydrogen-bond donors (Lipinski definition) is 2. The second-order valence-electron chi connectivity index (χ2n) is 3.31. The molecule has 1 aromatic heterocycles. The molecule has 0 unspecified atom stereocenters. The van der Waals surface area contributed by atoms with Gasteiger partial charge in [0.2, 0.25) is 0 Å². The van der Waals surface area contributed by atoms with Crippen molar-refractivity contribution in [2.75, 3.05) is 18.9 Å². The smallest absolute Gasteiger partial charge is 0.357 e. The van der Waals surface area contributed by atoms with Crippen LogP contribution in [0.4, 0.5) is 5.69 Å². The van der Waals surface area contributed by atoms with Crippen LogP contribution in [0, 0.1) is 11.3 Å². The van der Waals surface area contributed by atoms with Crippen LogP contribution in [0.15, 0.2) is 18.3 Å². The number of nitriles is 1. The van der Waals surface area contributed by atoms with Gasteiger partial charge in [-0.3, -0.25) is 4.79 Å². The van der Waals surface area contributed by atoms with E-state index in [2.05, 4.69) is 10.3 Å². The van der Waals surface area contributed by atoms with Crippen LogP contribution >= 0.6 is 0 Å². The zero-order valence-corrected chi connectivity index (χ0v) is 9.55. The number of carbonyl (C=O) groups excluding carboxylic acids is 2. The molecular formula is C11H12N4O3. The molecule has 3 N–H and O–H groups in total. The number of esters is 1. The summed E-state index contributed by atoms with van der Waals surface area (Å²) in [5, 5.41) is 10.7. The fraction of sp³-hybridized carbons (Fsp3) is 0.273. The van der Waals surface area contributed by atoms with Gasteiger partial charge in [-0.25, -0.2) is 9.78 Å². The third kappa shape index (κ3) is 4.49. The molecule has 0 aromatic carbocycles. The normalized spacial score (nSPS) is 9.28. The molecule has 0 saturated heterocycles. The van der Waals surface area contributed by atoms with E-state index in [9.17, 15) is 9.59 Å². The Balaban J connectivity index is 2.35. The largest absolute Gasteiger partial charge is 0.451 e. The number of nitrogens with one attached hydrogen (secondary N) is 1. The van der Waals surface area contributed by atoms with Crippen molar-refractivity contribution in [3.05, 3.63) is 24.0 Å². The number of pyridine rings is 1. The number of nitrogens with zero attached hydrogens (tertiary/aromatic N) is 2. The molecule has 0 aliphatic heterocycles. The van der Waals surface area contributed by atoms with E-state index in [4.69, 9.17) is 15.7 Å². The number of rotatable bonds is 5. The van der Waals surface area contributed by atoms with Crippen molar-refractivity contribution >= 4 is 17.6 Å². The quantitative estimate of drug-likeness (QED) is 0.552. The third-order valence-corrected chi connectivity index (χ3v) is 1.89. The first-order valence-corrected chi connectivity index (χ1v) is 5.16. The number of aromatic nitrogens is 1. The molecule has 18 heavy (non-hydrogen) atoms. The zero-order chi connectivity index (χ0) is 13.4. The highest BCUT2D eigenvalue weighted by Gasteiger charge is 2.10. The Hall–Kier alpha value is -2.62. The van der Waals surface area contributed by atoms with Crippen molar-refractivity contribution in [2.45, 2.75) is 6.42 Å². The van der Waals surface area contributed by atoms with Crippen LogP contribution in [0.2, 0.25) is 0 Å². The van der Waals surface area contributed by atoms with Crippen molar-refractivity contribution < 1.29 is 14.3 Å². The van der Waals surface area contributed by atoms with Crippen LogP contribution in [0.1, 0.15) is 16.9 Å². The van der Waals surface area contributed by atoms with E-state index in [0.29, 0.717) is 5.69 Å². The minimum atomic E-state index is -0.703. The molecule has 0 aliphatic carbocycles. The number of carbonyl (C=O) groups is 2. The molecule has 0 bridgehead atoms. The molecule has 1 aromatic rings. The molecule has 0 atom stereocenters. The highest BCUT2D eigenvalue weighted by molar-refractivity contribution is 5.89. The van der Waals surface area contributed by atoms with Gasteiger partial charge in [0.1, 0.15) is 5.69 Å².